The summed E-state index contributed by atoms with van der Waals surface area (Å²) in [6.07, 6.45) is 0. The zero-order chi connectivity index (χ0) is 15.4. The second kappa shape index (κ2) is 6.67. The number of benzene rings is 1. The van der Waals surface area contributed by atoms with Crippen LogP contribution in [-0.2, 0) is 4.79 Å². The molecule has 0 aliphatic rings. The molecule has 0 saturated carbocycles. The van der Waals surface area contributed by atoms with Crippen LogP contribution in [0.5, 0.6) is 0 Å². The normalized spacial score (nSPS) is 10.5. The minimum absolute atomic E-state index is 0.0752. The summed E-state index contributed by atoms with van der Waals surface area (Å²) in [5, 5.41) is 14.0. The minimum atomic E-state index is -0.0879. The Kier molecular flexibility index (Phi) is 4.90. The first-order valence-electron chi connectivity index (χ1n) is 6.63. The zero-order valence-corrected chi connectivity index (χ0v) is 13.7. The Morgan fingerprint density at radius 3 is 2.38 bits per heavy atom. The number of aromatic nitrogens is 2. The van der Waals surface area contributed by atoms with Gasteiger partial charge in [-0.15, -0.1) is 10.2 Å². The van der Waals surface area contributed by atoms with Crippen LogP contribution in [-0.4, -0.2) is 16.1 Å². The monoisotopic (exact) mass is 348 g/mol. The average molecular weight is 349 g/mol. The van der Waals surface area contributed by atoms with Gasteiger partial charge in [0.1, 0.15) is 0 Å². The predicted molar refractivity (Wildman–Crippen MR) is 87.7 cm³/mol. The fourth-order valence-corrected chi connectivity index (χ4v) is 2.12. The van der Waals surface area contributed by atoms with Crippen LogP contribution in [0.15, 0.2) is 34.8 Å². The molecule has 0 bridgehead atoms. The summed E-state index contributed by atoms with van der Waals surface area (Å²) in [6.45, 7) is 5.67. The number of aryl methyl sites for hydroxylation is 1. The molecule has 110 valence electrons. The Morgan fingerprint density at radius 2 is 1.81 bits per heavy atom. The lowest BCUT2D eigenvalue weighted by Gasteiger charge is -2.10. The average Bonchev–Trinajstić information content (AvgIpc) is 2.43. The second-order valence-corrected chi connectivity index (χ2v) is 5.95. The van der Waals surface area contributed by atoms with Gasteiger partial charge in [-0.2, -0.15) is 0 Å². The van der Waals surface area contributed by atoms with Crippen LogP contribution in [0, 0.1) is 12.8 Å². The smallest absolute Gasteiger partial charge is 0.228 e. The van der Waals surface area contributed by atoms with Crippen molar-refractivity contribution in [2.24, 2.45) is 5.92 Å². The van der Waals surface area contributed by atoms with E-state index >= 15 is 0 Å². The lowest BCUT2D eigenvalue weighted by atomic mass is 10.2. The van der Waals surface area contributed by atoms with Gasteiger partial charge in [-0.25, -0.2) is 0 Å². The number of anilines is 3. The van der Waals surface area contributed by atoms with Gasteiger partial charge in [-0.1, -0.05) is 29.8 Å². The number of nitrogens with zero attached hydrogens (tertiary/aromatic N) is 2. The molecule has 0 unspecified atom stereocenters. The van der Waals surface area contributed by atoms with Crippen molar-refractivity contribution in [3.63, 3.8) is 0 Å². The van der Waals surface area contributed by atoms with E-state index in [1.54, 1.807) is 12.1 Å². The number of hydrogen-bond donors (Lipinski definition) is 2. The molecule has 0 atom stereocenters. The molecule has 21 heavy (non-hydrogen) atoms. The molecule has 2 aromatic rings. The SMILES string of the molecule is Cc1cc(Br)ccc1Nc1ccc(NC(=O)C(C)C)nn1. The van der Waals surface area contributed by atoms with Gasteiger partial charge in [0.05, 0.1) is 0 Å². The van der Waals surface area contributed by atoms with Gasteiger partial charge in [0, 0.05) is 16.1 Å². The van der Waals surface area contributed by atoms with Gasteiger partial charge >= 0.3 is 0 Å². The molecule has 1 aromatic carbocycles. The van der Waals surface area contributed by atoms with Crippen molar-refractivity contribution in [3.05, 3.63) is 40.4 Å². The number of rotatable bonds is 4. The van der Waals surface area contributed by atoms with E-state index < -0.39 is 0 Å². The van der Waals surface area contributed by atoms with Crippen molar-refractivity contribution in [2.75, 3.05) is 10.6 Å². The molecule has 0 spiro atoms. The van der Waals surface area contributed by atoms with Gasteiger partial charge in [0.15, 0.2) is 11.6 Å². The van der Waals surface area contributed by atoms with Crippen LogP contribution in [0.3, 0.4) is 0 Å². The van der Waals surface area contributed by atoms with E-state index in [0.717, 1.165) is 15.7 Å². The van der Waals surface area contributed by atoms with Crippen molar-refractivity contribution >= 4 is 39.2 Å². The third kappa shape index (κ3) is 4.26. The van der Waals surface area contributed by atoms with Crippen molar-refractivity contribution in [2.45, 2.75) is 20.8 Å². The zero-order valence-electron chi connectivity index (χ0n) is 12.1. The maximum Gasteiger partial charge on any atom is 0.228 e. The van der Waals surface area contributed by atoms with E-state index in [0.29, 0.717) is 11.6 Å². The standard InChI is InChI=1S/C15H17BrN4O/c1-9(2)15(21)18-14-7-6-13(19-20-14)17-12-5-4-11(16)8-10(12)3/h4-9H,1-3H3,(H,17,19)(H,18,20,21). The van der Waals surface area contributed by atoms with E-state index in [1.807, 2.05) is 39.0 Å². The highest BCUT2D eigenvalue weighted by atomic mass is 79.9. The Labute approximate surface area is 132 Å². The van der Waals surface area contributed by atoms with Crippen LogP contribution in [0.25, 0.3) is 0 Å². The third-order valence-corrected chi connectivity index (χ3v) is 3.38. The highest BCUT2D eigenvalue weighted by Crippen LogP contribution is 2.22. The maximum absolute atomic E-state index is 11.6. The van der Waals surface area contributed by atoms with E-state index in [2.05, 4.69) is 36.8 Å². The number of amides is 1. The summed E-state index contributed by atoms with van der Waals surface area (Å²) in [6, 6.07) is 9.46. The number of hydrogen-bond acceptors (Lipinski definition) is 4. The van der Waals surface area contributed by atoms with Crippen LogP contribution >= 0.6 is 15.9 Å². The highest BCUT2D eigenvalue weighted by molar-refractivity contribution is 9.10. The molecule has 6 heteroatoms. The maximum atomic E-state index is 11.6. The summed E-state index contributed by atoms with van der Waals surface area (Å²) in [5.74, 6) is 0.915. The van der Waals surface area contributed by atoms with Crippen molar-refractivity contribution in [3.8, 4) is 0 Å². The summed E-state index contributed by atoms with van der Waals surface area (Å²) in [5.41, 5.74) is 2.06. The van der Waals surface area contributed by atoms with E-state index in [9.17, 15) is 4.79 Å². The van der Waals surface area contributed by atoms with Gasteiger partial charge < -0.3 is 10.6 Å². The van der Waals surface area contributed by atoms with E-state index in [1.165, 1.54) is 0 Å². The molecule has 5 nitrogen and oxygen atoms in total. The Balaban J connectivity index is 2.07. The highest BCUT2D eigenvalue weighted by Gasteiger charge is 2.08. The number of halogens is 1. The number of nitrogens with one attached hydrogen (secondary N) is 2. The topological polar surface area (TPSA) is 66.9 Å². The first-order chi connectivity index (χ1) is 9.95. The Morgan fingerprint density at radius 1 is 1.14 bits per heavy atom. The minimum Gasteiger partial charge on any atom is -0.339 e. The largest absolute Gasteiger partial charge is 0.339 e. The molecule has 0 aliphatic heterocycles. The Hall–Kier alpha value is -1.95. The Bertz CT molecular complexity index is 641. The fraction of sp³-hybridized carbons (Fsp3) is 0.267. The summed E-state index contributed by atoms with van der Waals surface area (Å²) < 4.78 is 1.03. The lowest BCUT2D eigenvalue weighted by Crippen LogP contribution is -2.18. The first-order valence-corrected chi connectivity index (χ1v) is 7.43. The van der Waals surface area contributed by atoms with Gasteiger partial charge in [0.2, 0.25) is 5.91 Å². The molecular weight excluding hydrogens is 332 g/mol. The molecule has 1 amide bonds. The van der Waals surface area contributed by atoms with E-state index in [-0.39, 0.29) is 11.8 Å². The van der Waals surface area contributed by atoms with Crippen molar-refractivity contribution in [1.29, 1.82) is 0 Å². The number of carbonyl (C=O) groups excluding carboxylic acids is 1. The summed E-state index contributed by atoms with van der Waals surface area (Å²) in [7, 11) is 0. The predicted octanol–water partition coefficient (Wildman–Crippen LogP) is 3.89. The quantitative estimate of drug-likeness (QED) is 0.879. The number of carbonyl (C=O) groups is 1. The molecule has 0 saturated heterocycles. The summed E-state index contributed by atoms with van der Waals surface area (Å²) >= 11 is 3.43. The fourth-order valence-electron chi connectivity index (χ4n) is 1.64. The molecule has 0 radical (unpaired) electrons. The molecule has 0 aliphatic carbocycles. The summed E-state index contributed by atoms with van der Waals surface area (Å²) in [4.78, 5) is 11.6. The van der Waals surface area contributed by atoms with Crippen LogP contribution in [0.1, 0.15) is 19.4 Å². The molecule has 0 fully saturated rings. The van der Waals surface area contributed by atoms with Crippen molar-refractivity contribution < 1.29 is 4.79 Å². The van der Waals surface area contributed by atoms with Gasteiger partial charge in [-0.05, 0) is 42.8 Å². The lowest BCUT2D eigenvalue weighted by molar-refractivity contribution is -0.118. The second-order valence-electron chi connectivity index (χ2n) is 5.03. The van der Waals surface area contributed by atoms with Crippen LogP contribution < -0.4 is 10.6 Å². The molecular formula is C15H17BrN4O. The van der Waals surface area contributed by atoms with Gasteiger partial charge in [0.25, 0.3) is 0 Å². The third-order valence-electron chi connectivity index (χ3n) is 2.89. The van der Waals surface area contributed by atoms with Gasteiger partial charge in [-0.3, -0.25) is 4.79 Å². The molecule has 1 aromatic heterocycles. The molecule has 2 N–H and O–H groups in total. The first kappa shape index (κ1) is 15.4. The van der Waals surface area contributed by atoms with Crippen LogP contribution in [0.4, 0.5) is 17.3 Å². The van der Waals surface area contributed by atoms with E-state index in [4.69, 9.17) is 0 Å². The van der Waals surface area contributed by atoms with Crippen LogP contribution in [0.2, 0.25) is 0 Å². The molecule has 2 rings (SSSR count). The molecule has 1 heterocycles. The van der Waals surface area contributed by atoms with Crippen molar-refractivity contribution in [1.82, 2.24) is 10.2 Å².